The summed E-state index contributed by atoms with van der Waals surface area (Å²) >= 11 is 0. The van der Waals surface area contributed by atoms with E-state index in [1.54, 1.807) is 0 Å². The number of benzene rings is 9. The Labute approximate surface area is 287 Å². The second-order valence-electron chi connectivity index (χ2n) is 13.2. The molecule has 2 nitrogen and oxygen atoms in total. The maximum Gasteiger partial charge on any atom is 0.143 e. The summed E-state index contributed by atoms with van der Waals surface area (Å²) in [5.41, 5.74) is 10.7. The predicted octanol–water partition coefficient (Wildman–Crippen LogP) is 13.9. The molecule has 0 saturated carbocycles. The van der Waals surface area contributed by atoms with E-state index in [4.69, 9.17) is 8.83 Å². The molecule has 9 aromatic carbocycles. The molecule has 0 aliphatic rings. The van der Waals surface area contributed by atoms with Crippen molar-refractivity contribution in [2.24, 2.45) is 0 Å². The molecule has 0 radical (unpaired) electrons. The van der Waals surface area contributed by atoms with Crippen LogP contribution < -0.4 is 0 Å². The summed E-state index contributed by atoms with van der Waals surface area (Å²) in [5.74, 6) is 0. The first-order valence-electron chi connectivity index (χ1n) is 17.1. The van der Waals surface area contributed by atoms with E-state index in [0.717, 1.165) is 66.0 Å². The molecule has 232 valence electrons. The molecule has 0 aliphatic heterocycles. The molecule has 0 fully saturated rings. The molecule has 0 bridgehead atoms. The minimum absolute atomic E-state index is 0.881. The van der Waals surface area contributed by atoms with E-state index >= 15 is 0 Å². The number of furan rings is 2. The summed E-state index contributed by atoms with van der Waals surface area (Å²) in [6.45, 7) is 0. The highest BCUT2D eigenvalue weighted by Gasteiger charge is 2.18. The van der Waals surface area contributed by atoms with Gasteiger partial charge >= 0.3 is 0 Å². The summed E-state index contributed by atoms with van der Waals surface area (Å²) < 4.78 is 13.0. The molecule has 0 N–H and O–H groups in total. The number of fused-ring (bicyclic) bond motifs is 10. The van der Waals surface area contributed by atoms with E-state index in [1.165, 1.54) is 43.6 Å². The molecule has 0 atom stereocenters. The maximum atomic E-state index is 6.67. The van der Waals surface area contributed by atoms with Crippen molar-refractivity contribution in [1.82, 2.24) is 0 Å². The Hall–Kier alpha value is -6.64. The highest BCUT2D eigenvalue weighted by molar-refractivity contribution is 6.22. The van der Waals surface area contributed by atoms with Crippen LogP contribution in [-0.2, 0) is 0 Å². The maximum absolute atomic E-state index is 6.67. The topological polar surface area (TPSA) is 26.3 Å². The molecule has 11 aromatic rings. The molecule has 0 aliphatic carbocycles. The second kappa shape index (κ2) is 10.4. The van der Waals surface area contributed by atoms with Gasteiger partial charge < -0.3 is 8.83 Å². The lowest BCUT2D eigenvalue weighted by molar-refractivity contribution is 0.669. The lowest BCUT2D eigenvalue weighted by Crippen LogP contribution is -1.90. The van der Waals surface area contributed by atoms with Crippen LogP contribution >= 0.6 is 0 Å². The first-order chi connectivity index (χ1) is 24.8. The van der Waals surface area contributed by atoms with Crippen LogP contribution in [0.5, 0.6) is 0 Å². The van der Waals surface area contributed by atoms with Gasteiger partial charge in [-0.3, -0.25) is 0 Å². The Bertz CT molecular complexity index is 3080. The third kappa shape index (κ3) is 3.96. The zero-order valence-corrected chi connectivity index (χ0v) is 27.0. The third-order valence-electron chi connectivity index (χ3n) is 10.5. The van der Waals surface area contributed by atoms with Gasteiger partial charge in [0.15, 0.2) is 0 Å². The molecular formula is C48H28O2. The van der Waals surface area contributed by atoms with Crippen LogP contribution in [0, 0.1) is 0 Å². The third-order valence-corrected chi connectivity index (χ3v) is 10.5. The monoisotopic (exact) mass is 636 g/mol. The Balaban J connectivity index is 1.07. The molecule has 0 spiro atoms. The van der Waals surface area contributed by atoms with Gasteiger partial charge in [-0.25, -0.2) is 0 Å². The van der Waals surface area contributed by atoms with Crippen molar-refractivity contribution < 1.29 is 8.83 Å². The Morgan fingerprint density at radius 2 is 0.780 bits per heavy atom. The average molecular weight is 637 g/mol. The molecule has 0 amide bonds. The molecule has 2 heterocycles. The van der Waals surface area contributed by atoms with Crippen LogP contribution in [0.15, 0.2) is 179 Å². The van der Waals surface area contributed by atoms with Gasteiger partial charge in [-0.2, -0.15) is 0 Å². The fourth-order valence-electron chi connectivity index (χ4n) is 8.15. The van der Waals surface area contributed by atoms with E-state index in [-0.39, 0.29) is 0 Å². The lowest BCUT2D eigenvalue weighted by atomic mass is 9.86. The largest absolute Gasteiger partial charge is 0.456 e. The summed E-state index contributed by atoms with van der Waals surface area (Å²) in [5, 5.41) is 11.8. The van der Waals surface area contributed by atoms with Crippen molar-refractivity contribution in [3.05, 3.63) is 170 Å². The smallest absolute Gasteiger partial charge is 0.143 e. The summed E-state index contributed by atoms with van der Waals surface area (Å²) in [6.07, 6.45) is 0. The number of hydrogen-bond acceptors (Lipinski definition) is 2. The van der Waals surface area contributed by atoms with E-state index in [1.807, 2.05) is 0 Å². The molecule has 11 rings (SSSR count). The predicted molar refractivity (Wildman–Crippen MR) is 210 cm³/mol. The molecule has 2 heteroatoms. The highest BCUT2D eigenvalue weighted by atomic mass is 16.3. The van der Waals surface area contributed by atoms with Crippen molar-refractivity contribution in [3.63, 3.8) is 0 Å². The van der Waals surface area contributed by atoms with Crippen molar-refractivity contribution in [1.29, 1.82) is 0 Å². The fourth-order valence-corrected chi connectivity index (χ4v) is 8.15. The van der Waals surface area contributed by atoms with Crippen LogP contribution in [0.3, 0.4) is 0 Å². The van der Waals surface area contributed by atoms with Crippen molar-refractivity contribution in [2.45, 2.75) is 0 Å². The number of rotatable bonds is 3. The Morgan fingerprint density at radius 1 is 0.260 bits per heavy atom. The van der Waals surface area contributed by atoms with Crippen LogP contribution in [0.2, 0.25) is 0 Å². The zero-order chi connectivity index (χ0) is 32.8. The minimum atomic E-state index is 0.881. The molecule has 0 unspecified atom stereocenters. The first kappa shape index (κ1) is 27.3. The van der Waals surface area contributed by atoms with E-state index < -0.39 is 0 Å². The van der Waals surface area contributed by atoms with Crippen LogP contribution in [0.4, 0.5) is 0 Å². The Morgan fingerprint density at radius 3 is 1.48 bits per heavy atom. The standard InChI is InChI=1S/C48H28O2/c1-2-11-30(12-3-1)46-37-14-6-8-16-39(37)47(40-17-9-7-15-38(40)46)33-20-23-36-35-22-19-32(27-44(35)49-45(36)28-33)31-21-25-43-42(26-31)41-24-18-29-10-4-5-13-34(29)48(41)50-43/h1-28H. The number of hydrogen-bond donors (Lipinski definition) is 0. The van der Waals surface area contributed by atoms with Crippen LogP contribution in [0.25, 0.3) is 110 Å². The van der Waals surface area contributed by atoms with Gasteiger partial charge in [0.05, 0.1) is 0 Å². The first-order valence-corrected chi connectivity index (χ1v) is 17.1. The van der Waals surface area contributed by atoms with E-state index in [9.17, 15) is 0 Å². The Kier molecular flexibility index (Phi) is 5.70. The summed E-state index contributed by atoms with van der Waals surface area (Å²) in [6, 6.07) is 60.8. The van der Waals surface area contributed by atoms with Crippen molar-refractivity contribution in [2.75, 3.05) is 0 Å². The summed E-state index contributed by atoms with van der Waals surface area (Å²) in [4.78, 5) is 0. The molecular weight excluding hydrogens is 609 g/mol. The van der Waals surface area contributed by atoms with Gasteiger partial charge in [0.2, 0.25) is 0 Å². The van der Waals surface area contributed by atoms with E-state index in [2.05, 4.69) is 170 Å². The quantitative estimate of drug-likeness (QED) is 0.180. The second-order valence-corrected chi connectivity index (χ2v) is 13.2. The van der Waals surface area contributed by atoms with Gasteiger partial charge in [-0.05, 0) is 103 Å². The molecule has 2 aromatic heterocycles. The molecule has 0 saturated heterocycles. The van der Waals surface area contributed by atoms with Crippen molar-refractivity contribution in [3.8, 4) is 33.4 Å². The van der Waals surface area contributed by atoms with Crippen LogP contribution in [-0.4, -0.2) is 0 Å². The zero-order valence-electron chi connectivity index (χ0n) is 27.0. The van der Waals surface area contributed by atoms with Crippen LogP contribution in [0.1, 0.15) is 0 Å². The van der Waals surface area contributed by atoms with Gasteiger partial charge in [-0.15, -0.1) is 0 Å². The molecule has 50 heavy (non-hydrogen) atoms. The van der Waals surface area contributed by atoms with Gasteiger partial charge in [0.25, 0.3) is 0 Å². The van der Waals surface area contributed by atoms with Gasteiger partial charge in [0, 0.05) is 26.9 Å². The van der Waals surface area contributed by atoms with Gasteiger partial charge in [-0.1, -0.05) is 127 Å². The fraction of sp³-hybridized carbons (Fsp3) is 0. The summed E-state index contributed by atoms with van der Waals surface area (Å²) in [7, 11) is 0. The van der Waals surface area contributed by atoms with Gasteiger partial charge in [0.1, 0.15) is 22.3 Å². The van der Waals surface area contributed by atoms with Crippen molar-refractivity contribution >= 4 is 76.2 Å². The lowest BCUT2D eigenvalue weighted by Gasteiger charge is -2.17. The van der Waals surface area contributed by atoms with E-state index in [0.29, 0.717) is 0 Å². The highest BCUT2D eigenvalue weighted by Crippen LogP contribution is 2.45. The average Bonchev–Trinajstić information content (AvgIpc) is 3.74. The normalized spacial score (nSPS) is 12.0. The minimum Gasteiger partial charge on any atom is -0.456 e. The SMILES string of the molecule is c1ccc(-c2c3ccccc3c(-c3ccc4c(c3)oc3cc(-c5ccc6oc7c8ccccc8ccc7c6c5)ccc34)c3ccccc23)cc1.